The van der Waals surface area contributed by atoms with Gasteiger partial charge in [0.2, 0.25) is 0 Å². The monoisotopic (exact) mass is 381 g/mol. The van der Waals surface area contributed by atoms with E-state index in [-0.39, 0.29) is 5.91 Å². The van der Waals surface area contributed by atoms with Gasteiger partial charge in [0, 0.05) is 42.2 Å². The number of hydrogen-bond acceptors (Lipinski definition) is 5. The van der Waals surface area contributed by atoms with Crippen LogP contribution in [-0.4, -0.2) is 57.3 Å². The van der Waals surface area contributed by atoms with Crippen molar-refractivity contribution < 1.29 is 14.6 Å². The van der Waals surface area contributed by atoms with Gasteiger partial charge in [0.05, 0.1) is 11.7 Å². The number of hydrogen-bond donors (Lipinski definition) is 1. The maximum Gasteiger partial charge on any atom is 0.253 e. The van der Waals surface area contributed by atoms with E-state index in [0.29, 0.717) is 43.9 Å². The molecular formula is C22H27N3O3. The van der Waals surface area contributed by atoms with Gasteiger partial charge in [-0.3, -0.25) is 4.79 Å². The van der Waals surface area contributed by atoms with E-state index in [1.165, 1.54) is 0 Å². The Morgan fingerprint density at radius 2 is 1.89 bits per heavy atom. The SMILES string of the molecule is Cc1cc(C)nc(-c2cccc(C(=O)N3CCC4(CC3)OCCC[C@H]4O)c2)n1. The number of piperidine rings is 1. The molecule has 28 heavy (non-hydrogen) atoms. The van der Waals surface area contributed by atoms with E-state index in [1.807, 2.05) is 49.1 Å². The molecule has 1 aromatic carbocycles. The van der Waals surface area contributed by atoms with Gasteiger partial charge in [-0.15, -0.1) is 0 Å². The fraction of sp³-hybridized carbons (Fsp3) is 0.500. The molecule has 0 radical (unpaired) electrons. The van der Waals surface area contributed by atoms with Crippen molar-refractivity contribution in [3.05, 3.63) is 47.3 Å². The second-order valence-corrected chi connectivity index (χ2v) is 7.92. The van der Waals surface area contributed by atoms with E-state index in [1.54, 1.807) is 0 Å². The van der Waals surface area contributed by atoms with Gasteiger partial charge in [0.15, 0.2) is 5.82 Å². The lowest BCUT2D eigenvalue weighted by atomic mass is 9.82. The minimum Gasteiger partial charge on any atom is -0.390 e. The number of aromatic nitrogens is 2. The molecular weight excluding hydrogens is 354 g/mol. The largest absolute Gasteiger partial charge is 0.390 e. The predicted molar refractivity (Wildman–Crippen MR) is 106 cm³/mol. The summed E-state index contributed by atoms with van der Waals surface area (Å²) in [7, 11) is 0. The molecule has 2 fully saturated rings. The predicted octanol–water partition coefficient (Wildman–Crippen LogP) is 2.91. The summed E-state index contributed by atoms with van der Waals surface area (Å²) in [5.41, 5.74) is 2.83. The van der Waals surface area contributed by atoms with Crippen LogP contribution in [0.5, 0.6) is 0 Å². The number of benzene rings is 1. The van der Waals surface area contributed by atoms with Crippen molar-refractivity contribution in [2.75, 3.05) is 19.7 Å². The lowest BCUT2D eigenvalue weighted by Gasteiger charge is -2.46. The van der Waals surface area contributed by atoms with Crippen LogP contribution in [0.4, 0.5) is 0 Å². The summed E-state index contributed by atoms with van der Waals surface area (Å²) in [4.78, 5) is 23.9. The van der Waals surface area contributed by atoms with E-state index >= 15 is 0 Å². The smallest absolute Gasteiger partial charge is 0.253 e. The standard InChI is InChI=1S/C22H27N3O3/c1-15-13-16(2)24-20(23-15)17-5-3-6-18(14-17)21(27)25-10-8-22(9-11-25)19(26)7-4-12-28-22/h3,5-6,13-14,19,26H,4,7-12H2,1-2H3/t19-/m1/s1. The molecule has 0 aliphatic carbocycles. The van der Waals surface area contributed by atoms with Crippen LogP contribution in [0.3, 0.4) is 0 Å². The van der Waals surface area contributed by atoms with Crippen LogP contribution in [0.1, 0.15) is 47.4 Å². The molecule has 1 aromatic heterocycles. The van der Waals surface area contributed by atoms with Crippen molar-refractivity contribution in [2.45, 2.75) is 51.2 Å². The molecule has 2 aromatic rings. The molecule has 1 atom stereocenters. The molecule has 1 spiro atoms. The molecule has 148 valence electrons. The number of carbonyl (C=O) groups excluding carboxylic acids is 1. The Morgan fingerprint density at radius 1 is 1.18 bits per heavy atom. The second-order valence-electron chi connectivity index (χ2n) is 7.92. The van der Waals surface area contributed by atoms with Crippen molar-refractivity contribution in [3.8, 4) is 11.4 Å². The molecule has 2 aliphatic rings. The Morgan fingerprint density at radius 3 is 2.57 bits per heavy atom. The van der Waals surface area contributed by atoms with Crippen molar-refractivity contribution in [1.29, 1.82) is 0 Å². The summed E-state index contributed by atoms with van der Waals surface area (Å²) in [6, 6.07) is 9.45. The molecule has 2 saturated heterocycles. The minimum absolute atomic E-state index is 0.00590. The average Bonchev–Trinajstić information content (AvgIpc) is 2.70. The lowest BCUT2D eigenvalue weighted by Crippen LogP contribution is -2.56. The highest BCUT2D eigenvalue weighted by molar-refractivity contribution is 5.95. The summed E-state index contributed by atoms with van der Waals surface area (Å²) >= 11 is 0. The van der Waals surface area contributed by atoms with Gasteiger partial charge in [-0.25, -0.2) is 9.97 Å². The first kappa shape index (κ1) is 19.0. The molecule has 4 rings (SSSR count). The highest BCUT2D eigenvalue weighted by Gasteiger charge is 2.44. The van der Waals surface area contributed by atoms with Gasteiger partial charge < -0.3 is 14.7 Å². The van der Waals surface area contributed by atoms with Crippen LogP contribution in [-0.2, 0) is 4.74 Å². The van der Waals surface area contributed by atoms with Crippen molar-refractivity contribution in [3.63, 3.8) is 0 Å². The number of aryl methyl sites for hydroxylation is 2. The van der Waals surface area contributed by atoms with E-state index < -0.39 is 11.7 Å². The fourth-order valence-corrected chi connectivity index (χ4v) is 4.31. The third-order valence-corrected chi connectivity index (χ3v) is 5.87. The summed E-state index contributed by atoms with van der Waals surface area (Å²) < 4.78 is 5.95. The molecule has 0 bridgehead atoms. The number of aliphatic hydroxyl groups is 1. The Balaban J connectivity index is 1.50. The van der Waals surface area contributed by atoms with Gasteiger partial charge in [-0.05, 0) is 57.7 Å². The minimum atomic E-state index is -0.468. The van der Waals surface area contributed by atoms with Crippen LogP contribution >= 0.6 is 0 Å². The van der Waals surface area contributed by atoms with Gasteiger partial charge in [0.1, 0.15) is 0 Å². The second kappa shape index (κ2) is 7.60. The van der Waals surface area contributed by atoms with Crippen LogP contribution in [0.2, 0.25) is 0 Å². The molecule has 2 aliphatic heterocycles. The summed E-state index contributed by atoms with van der Waals surface area (Å²) in [5.74, 6) is 0.648. The van der Waals surface area contributed by atoms with Crippen molar-refractivity contribution in [2.24, 2.45) is 0 Å². The first-order valence-electron chi connectivity index (χ1n) is 10.0. The first-order chi connectivity index (χ1) is 13.5. The number of carbonyl (C=O) groups is 1. The molecule has 3 heterocycles. The summed E-state index contributed by atoms with van der Waals surface area (Å²) in [6.45, 7) is 5.78. The summed E-state index contributed by atoms with van der Waals surface area (Å²) in [5, 5.41) is 10.4. The van der Waals surface area contributed by atoms with Crippen LogP contribution < -0.4 is 0 Å². The Labute approximate surface area is 165 Å². The average molecular weight is 381 g/mol. The molecule has 6 heteroatoms. The number of rotatable bonds is 2. The quantitative estimate of drug-likeness (QED) is 0.866. The molecule has 0 saturated carbocycles. The number of aliphatic hydroxyl groups excluding tert-OH is 1. The number of likely N-dealkylation sites (tertiary alicyclic amines) is 1. The zero-order chi connectivity index (χ0) is 19.7. The van der Waals surface area contributed by atoms with Gasteiger partial charge in [-0.2, -0.15) is 0 Å². The fourth-order valence-electron chi connectivity index (χ4n) is 4.31. The van der Waals surface area contributed by atoms with E-state index in [9.17, 15) is 9.90 Å². The molecule has 6 nitrogen and oxygen atoms in total. The van der Waals surface area contributed by atoms with E-state index in [2.05, 4.69) is 9.97 Å². The summed E-state index contributed by atoms with van der Waals surface area (Å²) in [6.07, 6.45) is 2.62. The topological polar surface area (TPSA) is 75.6 Å². The van der Waals surface area contributed by atoms with Crippen LogP contribution in [0, 0.1) is 13.8 Å². The lowest BCUT2D eigenvalue weighted by molar-refractivity contribution is -0.174. The third kappa shape index (κ3) is 3.66. The van der Waals surface area contributed by atoms with Crippen molar-refractivity contribution >= 4 is 5.91 Å². The van der Waals surface area contributed by atoms with Crippen LogP contribution in [0.25, 0.3) is 11.4 Å². The first-order valence-corrected chi connectivity index (χ1v) is 10.0. The maximum atomic E-state index is 13.1. The Kier molecular flexibility index (Phi) is 5.17. The number of nitrogens with zero attached hydrogens (tertiary/aromatic N) is 3. The zero-order valence-corrected chi connectivity index (χ0v) is 16.5. The van der Waals surface area contributed by atoms with E-state index in [0.717, 1.165) is 29.8 Å². The van der Waals surface area contributed by atoms with Gasteiger partial charge in [0.25, 0.3) is 5.91 Å². The normalized spacial score (nSPS) is 21.7. The van der Waals surface area contributed by atoms with Crippen molar-refractivity contribution in [1.82, 2.24) is 14.9 Å². The highest BCUT2D eigenvalue weighted by atomic mass is 16.5. The third-order valence-electron chi connectivity index (χ3n) is 5.87. The van der Waals surface area contributed by atoms with E-state index in [4.69, 9.17) is 4.74 Å². The molecule has 0 unspecified atom stereocenters. The number of ether oxygens (including phenoxy) is 1. The number of amides is 1. The molecule has 1 N–H and O–H groups in total. The maximum absolute atomic E-state index is 13.1. The molecule has 1 amide bonds. The Hall–Kier alpha value is -2.31. The highest BCUT2D eigenvalue weighted by Crippen LogP contribution is 2.35. The van der Waals surface area contributed by atoms with Crippen LogP contribution in [0.15, 0.2) is 30.3 Å². The van der Waals surface area contributed by atoms with Gasteiger partial charge in [-0.1, -0.05) is 12.1 Å². The Bertz CT molecular complexity index is 855. The van der Waals surface area contributed by atoms with Gasteiger partial charge >= 0.3 is 0 Å². The zero-order valence-electron chi connectivity index (χ0n) is 16.5.